The third-order valence-electron chi connectivity index (χ3n) is 4.44. The van der Waals surface area contributed by atoms with Crippen LogP contribution in [0.1, 0.15) is 44.2 Å². The molecule has 1 aromatic heterocycles. The fourth-order valence-corrected chi connectivity index (χ4v) is 3.52. The van der Waals surface area contributed by atoms with Crippen molar-refractivity contribution in [2.45, 2.75) is 45.4 Å². The second kappa shape index (κ2) is 4.95. The van der Waals surface area contributed by atoms with E-state index >= 15 is 0 Å². The summed E-state index contributed by atoms with van der Waals surface area (Å²) in [5.41, 5.74) is 0.338. The summed E-state index contributed by atoms with van der Waals surface area (Å²) in [7, 11) is 0. The SMILES string of the molecule is Cc1nc(N2C(=O)CC3(CCCCC3)C2=O)ccc1Br. The molecule has 0 N–H and O–H groups in total. The summed E-state index contributed by atoms with van der Waals surface area (Å²) < 4.78 is 0.882. The summed E-state index contributed by atoms with van der Waals surface area (Å²) in [5, 5.41) is 0. The Kier molecular flexibility index (Phi) is 3.40. The summed E-state index contributed by atoms with van der Waals surface area (Å²) in [5.74, 6) is 0.311. The van der Waals surface area contributed by atoms with Crippen LogP contribution in [0.2, 0.25) is 0 Å². The molecule has 0 radical (unpaired) electrons. The number of halogens is 1. The van der Waals surface area contributed by atoms with Crippen LogP contribution in [0.4, 0.5) is 5.82 Å². The van der Waals surface area contributed by atoms with E-state index in [2.05, 4.69) is 20.9 Å². The fraction of sp³-hybridized carbons (Fsp3) is 0.533. The molecule has 4 nitrogen and oxygen atoms in total. The van der Waals surface area contributed by atoms with E-state index in [1.54, 1.807) is 6.07 Å². The molecule has 1 saturated carbocycles. The predicted molar refractivity (Wildman–Crippen MR) is 79.3 cm³/mol. The van der Waals surface area contributed by atoms with Crippen molar-refractivity contribution in [1.29, 1.82) is 0 Å². The number of nitrogens with zero attached hydrogens (tertiary/aromatic N) is 2. The summed E-state index contributed by atoms with van der Waals surface area (Å²) in [6.45, 7) is 1.86. The highest BCUT2D eigenvalue weighted by Gasteiger charge is 2.52. The summed E-state index contributed by atoms with van der Waals surface area (Å²) in [4.78, 5) is 30.7. The second-order valence-corrected chi connectivity index (χ2v) is 6.64. The zero-order valence-electron chi connectivity index (χ0n) is 11.5. The normalized spacial score (nSPS) is 21.8. The Morgan fingerprint density at radius 3 is 2.55 bits per heavy atom. The Labute approximate surface area is 126 Å². The molecule has 0 bridgehead atoms. The van der Waals surface area contributed by atoms with E-state index in [4.69, 9.17) is 0 Å². The van der Waals surface area contributed by atoms with Gasteiger partial charge in [0.25, 0.3) is 0 Å². The molecule has 1 spiro atoms. The zero-order chi connectivity index (χ0) is 14.3. The van der Waals surface area contributed by atoms with Crippen molar-refractivity contribution in [3.8, 4) is 0 Å². The molecule has 1 aliphatic carbocycles. The van der Waals surface area contributed by atoms with Gasteiger partial charge in [-0.2, -0.15) is 0 Å². The molecular weight excluding hydrogens is 320 g/mol. The van der Waals surface area contributed by atoms with Gasteiger partial charge in [0.1, 0.15) is 5.82 Å². The molecule has 3 rings (SSSR count). The maximum absolute atomic E-state index is 12.7. The molecule has 20 heavy (non-hydrogen) atoms. The minimum atomic E-state index is -0.446. The number of anilines is 1. The van der Waals surface area contributed by atoms with Crippen LogP contribution in [0, 0.1) is 12.3 Å². The number of hydrogen-bond donors (Lipinski definition) is 0. The van der Waals surface area contributed by atoms with Crippen molar-refractivity contribution in [2.24, 2.45) is 5.41 Å². The lowest BCUT2D eigenvalue weighted by molar-refractivity contribution is -0.127. The molecule has 1 saturated heterocycles. The zero-order valence-corrected chi connectivity index (χ0v) is 13.1. The maximum atomic E-state index is 12.7. The standard InChI is InChI=1S/C15H17BrN2O2/c1-10-11(16)5-6-12(17-10)18-13(19)9-15(14(18)20)7-3-2-4-8-15/h5-6H,2-4,7-9H2,1H3. The van der Waals surface area contributed by atoms with Crippen molar-refractivity contribution in [3.05, 3.63) is 22.3 Å². The number of carbonyl (C=O) groups is 2. The smallest absolute Gasteiger partial charge is 0.241 e. The summed E-state index contributed by atoms with van der Waals surface area (Å²) in [6.07, 6.45) is 5.27. The Morgan fingerprint density at radius 1 is 1.20 bits per heavy atom. The molecule has 2 amide bonds. The molecule has 2 heterocycles. The average Bonchev–Trinajstić information content (AvgIpc) is 2.66. The van der Waals surface area contributed by atoms with Crippen LogP contribution in [0.5, 0.6) is 0 Å². The van der Waals surface area contributed by atoms with E-state index < -0.39 is 5.41 Å². The lowest BCUT2D eigenvalue weighted by Gasteiger charge is -2.30. The van der Waals surface area contributed by atoms with Gasteiger partial charge in [-0.1, -0.05) is 19.3 Å². The Bertz CT molecular complexity index is 579. The van der Waals surface area contributed by atoms with Crippen LogP contribution in [0.15, 0.2) is 16.6 Å². The third kappa shape index (κ3) is 2.08. The van der Waals surface area contributed by atoms with Crippen LogP contribution in [0.3, 0.4) is 0 Å². The number of pyridine rings is 1. The highest BCUT2D eigenvalue weighted by molar-refractivity contribution is 9.10. The third-order valence-corrected chi connectivity index (χ3v) is 5.28. The number of carbonyl (C=O) groups excluding carboxylic acids is 2. The number of aryl methyl sites for hydroxylation is 1. The molecule has 0 aromatic carbocycles. The van der Waals surface area contributed by atoms with Gasteiger partial charge in [0.2, 0.25) is 11.8 Å². The van der Waals surface area contributed by atoms with Crippen molar-refractivity contribution in [1.82, 2.24) is 4.98 Å². The second-order valence-electron chi connectivity index (χ2n) is 5.79. The number of amides is 2. The van der Waals surface area contributed by atoms with Gasteiger partial charge in [0.15, 0.2) is 0 Å². The first-order valence-corrected chi connectivity index (χ1v) is 7.83. The van der Waals surface area contributed by atoms with Gasteiger partial charge in [-0.15, -0.1) is 0 Å². The van der Waals surface area contributed by atoms with Gasteiger partial charge >= 0.3 is 0 Å². The first-order chi connectivity index (χ1) is 9.53. The minimum absolute atomic E-state index is 0.0450. The highest BCUT2D eigenvalue weighted by Crippen LogP contribution is 2.46. The number of rotatable bonds is 1. The van der Waals surface area contributed by atoms with E-state index in [0.717, 1.165) is 35.8 Å². The topological polar surface area (TPSA) is 50.3 Å². The van der Waals surface area contributed by atoms with Crippen LogP contribution < -0.4 is 4.90 Å². The van der Waals surface area contributed by atoms with E-state index in [0.29, 0.717) is 12.2 Å². The lowest BCUT2D eigenvalue weighted by Crippen LogP contribution is -2.37. The first-order valence-electron chi connectivity index (χ1n) is 7.04. The van der Waals surface area contributed by atoms with Crippen LogP contribution in [-0.4, -0.2) is 16.8 Å². The van der Waals surface area contributed by atoms with Gasteiger partial charge < -0.3 is 0 Å². The maximum Gasteiger partial charge on any atom is 0.241 e. The van der Waals surface area contributed by atoms with Crippen molar-refractivity contribution in [2.75, 3.05) is 4.90 Å². The van der Waals surface area contributed by atoms with Gasteiger partial charge in [-0.3, -0.25) is 9.59 Å². The summed E-state index contributed by atoms with van der Waals surface area (Å²) in [6, 6.07) is 3.57. The van der Waals surface area contributed by atoms with Gasteiger partial charge in [0, 0.05) is 10.9 Å². The minimum Gasteiger partial charge on any atom is -0.274 e. The van der Waals surface area contributed by atoms with Gasteiger partial charge in [-0.25, -0.2) is 9.88 Å². The van der Waals surface area contributed by atoms with Crippen LogP contribution >= 0.6 is 15.9 Å². The van der Waals surface area contributed by atoms with E-state index in [1.165, 1.54) is 11.3 Å². The molecule has 0 atom stereocenters. The molecule has 1 aromatic rings. The molecule has 1 aliphatic heterocycles. The van der Waals surface area contributed by atoms with Crippen LogP contribution in [0.25, 0.3) is 0 Å². The van der Waals surface area contributed by atoms with Gasteiger partial charge in [-0.05, 0) is 47.8 Å². The Hall–Kier alpha value is -1.23. The largest absolute Gasteiger partial charge is 0.274 e. The monoisotopic (exact) mass is 336 g/mol. The van der Waals surface area contributed by atoms with E-state index in [-0.39, 0.29) is 11.8 Å². The average molecular weight is 337 g/mol. The quantitative estimate of drug-likeness (QED) is 0.739. The molecular formula is C15H17BrN2O2. The van der Waals surface area contributed by atoms with Gasteiger partial charge in [0.05, 0.1) is 11.1 Å². The van der Waals surface area contributed by atoms with Crippen LogP contribution in [-0.2, 0) is 9.59 Å². The first kappa shape index (κ1) is 13.7. The number of aromatic nitrogens is 1. The van der Waals surface area contributed by atoms with Crippen molar-refractivity contribution in [3.63, 3.8) is 0 Å². The van der Waals surface area contributed by atoms with Crippen molar-refractivity contribution < 1.29 is 9.59 Å². The Balaban J connectivity index is 1.95. The molecule has 5 heteroatoms. The fourth-order valence-electron chi connectivity index (χ4n) is 3.30. The van der Waals surface area contributed by atoms with E-state index in [1.807, 2.05) is 13.0 Å². The molecule has 2 aliphatic rings. The highest BCUT2D eigenvalue weighted by atomic mass is 79.9. The van der Waals surface area contributed by atoms with E-state index in [9.17, 15) is 9.59 Å². The summed E-state index contributed by atoms with van der Waals surface area (Å²) >= 11 is 3.39. The molecule has 106 valence electrons. The number of hydrogen-bond acceptors (Lipinski definition) is 3. The number of imide groups is 1. The molecule has 0 unspecified atom stereocenters. The Morgan fingerprint density at radius 2 is 1.90 bits per heavy atom. The lowest BCUT2D eigenvalue weighted by atomic mass is 9.73. The molecule has 2 fully saturated rings. The van der Waals surface area contributed by atoms with Crippen molar-refractivity contribution >= 4 is 33.6 Å². The predicted octanol–water partition coefficient (Wildman–Crippen LogP) is 3.37.